The van der Waals surface area contributed by atoms with Crippen LogP contribution in [0.25, 0.3) is 0 Å². The number of nitrogens with one attached hydrogen (secondary N) is 1. The summed E-state index contributed by atoms with van der Waals surface area (Å²) < 4.78 is 31.7. The fraction of sp³-hybridized carbons (Fsp3) is 0.526. The summed E-state index contributed by atoms with van der Waals surface area (Å²) in [6.45, 7) is 9.22. The molecule has 1 amide bonds. The lowest BCUT2D eigenvalue weighted by Crippen LogP contribution is -2.47. The van der Waals surface area contributed by atoms with Gasteiger partial charge >= 0.3 is 5.97 Å². The van der Waals surface area contributed by atoms with Gasteiger partial charge in [0.15, 0.2) is 6.10 Å². The Hall–Kier alpha value is -2.42. The maximum Gasteiger partial charge on any atom is 0.308 e. The van der Waals surface area contributed by atoms with Gasteiger partial charge in [-0.3, -0.25) is 19.3 Å². The van der Waals surface area contributed by atoms with Gasteiger partial charge < -0.3 is 9.64 Å². The fourth-order valence-electron chi connectivity index (χ4n) is 3.13. The highest BCUT2D eigenvalue weighted by Gasteiger charge is 2.30. The quantitative estimate of drug-likeness (QED) is 0.690. The van der Waals surface area contributed by atoms with Crippen LogP contribution in [-0.2, 0) is 24.3 Å². The van der Waals surface area contributed by atoms with E-state index in [0.717, 1.165) is 0 Å². The number of esters is 1. The normalized spacial score (nSPS) is 17.3. The minimum absolute atomic E-state index is 0.00416. The van der Waals surface area contributed by atoms with Crippen LogP contribution in [-0.4, -0.2) is 55.8 Å². The van der Waals surface area contributed by atoms with E-state index in [1.54, 1.807) is 30.0 Å². The molecule has 1 aliphatic rings. The Kier molecular flexibility index (Phi) is 6.82. The molecular weight excluding hydrogens is 382 g/mol. The number of aliphatic imine (C=N–C) groups is 1. The molecule has 9 heteroatoms. The van der Waals surface area contributed by atoms with Crippen molar-refractivity contribution in [3.63, 3.8) is 0 Å². The highest BCUT2D eigenvalue weighted by Crippen LogP contribution is 2.22. The first kappa shape index (κ1) is 21.9. The van der Waals surface area contributed by atoms with Crippen LogP contribution in [0.4, 0.5) is 0 Å². The molecule has 0 fully saturated rings. The van der Waals surface area contributed by atoms with Gasteiger partial charge in [0.05, 0.1) is 17.9 Å². The summed E-state index contributed by atoms with van der Waals surface area (Å²) in [5.41, 5.74) is 0.476. The number of hydrogen-bond donors (Lipinski definition) is 1. The van der Waals surface area contributed by atoms with Crippen LogP contribution < -0.4 is 4.72 Å². The van der Waals surface area contributed by atoms with Crippen molar-refractivity contribution in [1.29, 1.82) is 0 Å². The predicted molar refractivity (Wildman–Crippen MR) is 105 cm³/mol. The summed E-state index contributed by atoms with van der Waals surface area (Å²) in [7, 11) is -3.61. The molecule has 0 saturated carbocycles. The Morgan fingerprint density at radius 1 is 1.11 bits per heavy atom. The summed E-state index contributed by atoms with van der Waals surface area (Å²) in [4.78, 5) is 30.6. The van der Waals surface area contributed by atoms with Crippen molar-refractivity contribution in [3.05, 3.63) is 29.8 Å². The zero-order valence-corrected chi connectivity index (χ0v) is 17.6. The van der Waals surface area contributed by atoms with E-state index in [1.807, 2.05) is 27.7 Å². The maximum atomic E-state index is 12.5. The predicted octanol–water partition coefficient (Wildman–Crippen LogP) is 1.69. The van der Waals surface area contributed by atoms with Crippen LogP contribution in [0, 0.1) is 0 Å². The number of rotatable bonds is 7. The topological polar surface area (TPSA) is 105 Å². The molecule has 8 nitrogen and oxygen atoms in total. The third-order valence-corrected chi connectivity index (χ3v) is 5.67. The number of hydrogen-bond acceptors (Lipinski definition) is 6. The number of amides is 1. The number of carbonyl (C=O) groups excluding carboxylic acids is 2. The summed E-state index contributed by atoms with van der Waals surface area (Å²) in [5.74, 6) is -0.604. The highest BCUT2D eigenvalue weighted by atomic mass is 32.2. The summed E-state index contributed by atoms with van der Waals surface area (Å²) in [6, 6.07) is 6.49. The van der Waals surface area contributed by atoms with E-state index in [0.29, 0.717) is 5.56 Å². The number of fused-ring (bicyclic) bond motifs is 1. The smallest absolute Gasteiger partial charge is 0.308 e. The molecule has 28 heavy (non-hydrogen) atoms. The lowest BCUT2D eigenvalue weighted by molar-refractivity contribution is -0.160. The monoisotopic (exact) mass is 409 g/mol. The zero-order chi connectivity index (χ0) is 21.1. The number of nitrogens with zero attached hydrogens (tertiary/aromatic N) is 2. The molecule has 1 heterocycles. The standard InChI is InChI=1S/C19H27N3O5S/c1-12(2)22(13(3)4)19(24)14(5)27-17(23)10-11-20-18-15-8-6-7-9-16(15)28(25,26)21-18/h6-9,12-14H,10-11H2,1-5H3,(H,20,21). The molecule has 0 saturated heterocycles. The third kappa shape index (κ3) is 4.89. The third-order valence-electron chi connectivity index (χ3n) is 4.27. The molecule has 1 aliphatic heterocycles. The van der Waals surface area contributed by atoms with Crippen LogP contribution in [0.5, 0.6) is 0 Å². The number of benzene rings is 1. The zero-order valence-electron chi connectivity index (χ0n) is 16.8. The van der Waals surface area contributed by atoms with E-state index in [9.17, 15) is 18.0 Å². The maximum absolute atomic E-state index is 12.5. The molecule has 1 atom stereocenters. The molecule has 0 spiro atoms. The van der Waals surface area contributed by atoms with E-state index in [2.05, 4.69) is 9.71 Å². The average Bonchev–Trinajstić information content (AvgIpc) is 2.85. The number of sulfonamides is 1. The molecule has 0 bridgehead atoms. The van der Waals surface area contributed by atoms with Gasteiger partial charge in [-0.2, -0.15) is 0 Å². The molecule has 0 aliphatic carbocycles. The molecule has 0 aromatic heterocycles. The van der Waals surface area contributed by atoms with E-state index in [1.165, 1.54) is 6.07 Å². The number of amidine groups is 1. The molecule has 2 rings (SSSR count). The first-order valence-corrected chi connectivity index (χ1v) is 10.7. The van der Waals surface area contributed by atoms with Crippen molar-refractivity contribution >= 4 is 27.7 Å². The molecule has 154 valence electrons. The van der Waals surface area contributed by atoms with Crippen molar-refractivity contribution in [2.75, 3.05) is 6.54 Å². The van der Waals surface area contributed by atoms with E-state index < -0.39 is 22.1 Å². The van der Waals surface area contributed by atoms with Crippen LogP contribution >= 0.6 is 0 Å². The molecular formula is C19H27N3O5S. The summed E-state index contributed by atoms with van der Waals surface area (Å²) in [6.07, 6.45) is -0.954. The molecule has 1 unspecified atom stereocenters. The molecule has 1 N–H and O–H groups in total. The number of ether oxygens (including phenoxy) is 1. The second-order valence-corrected chi connectivity index (χ2v) is 8.80. The largest absolute Gasteiger partial charge is 0.452 e. The minimum atomic E-state index is -3.61. The molecule has 0 radical (unpaired) electrons. The first-order chi connectivity index (χ1) is 13.0. The van der Waals surface area contributed by atoms with Crippen molar-refractivity contribution in [2.45, 2.75) is 64.1 Å². The Bertz CT molecular complexity index is 869. The second kappa shape index (κ2) is 8.72. The molecule has 1 aromatic rings. The van der Waals surface area contributed by atoms with Crippen molar-refractivity contribution in [3.8, 4) is 0 Å². The van der Waals surface area contributed by atoms with Crippen LogP contribution in [0.2, 0.25) is 0 Å². The van der Waals surface area contributed by atoms with Gasteiger partial charge in [-0.05, 0) is 46.8 Å². The fourth-order valence-corrected chi connectivity index (χ4v) is 4.38. The molecule has 1 aromatic carbocycles. The average molecular weight is 410 g/mol. The van der Waals surface area contributed by atoms with Crippen molar-refractivity contribution in [2.24, 2.45) is 4.99 Å². The van der Waals surface area contributed by atoms with Crippen molar-refractivity contribution in [1.82, 2.24) is 9.62 Å². The Labute approximate surface area is 166 Å². The minimum Gasteiger partial charge on any atom is -0.452 e. The number of carbonyl (C=O) groups is 2. The second-order valence-electron chi connectivity index (χ2n) is 7.15. The Morgan fingerprint density at radius 2 is 1.71 bits per heavy atom. The summed E-state index contributed by atoms with van der Waals surface area (Å²) >= 11 is 0. The van der Waals surface area contributed by atoms with E-state index in [4.69, 9.17) is 4.74 Å². The van der Waals surface area contributed by atoms with Gasteiger partial charge in [0.2, 0.25) is 0 Å². The summed E-state index contributed by atoms with van der Waals surface area (Å²) in [5, 5.41) is 0. The lowest BCUT2D eigenvalue weighted by Gasteiger charge is -2.32. The van der Waals surface area contributed by atoms with Gasteiger partial charge in [-0.15, -0.1) is 0 Å². The Morgan fingerprint density at radius 3 is 2.32 bits per heavy atom. The van der Waals surface area contributed by atoms with Gasteiger partial charge in [-0.1, -0.05) is 12.1 Å². The SMILES string of the molecule is CC(OC(=O)CCN=C1NS(=O)(=O)c2ccccc21)C(=O)N(C(C)C)C(C)C. The van der Waals surface area contributed by atoms with Crippen LogP contribution in [0.3, 0.4) is 0 Å². The highest BCUT2D eigenvalue weighted by molar-refractivity contribution is 7.90. The van der Waals surface area contributed by atoms with Gasteiger partial charge in [-0.25, -0.2) is 8.42 Å². The van der Waals surface area contributed by atoms with Crippen LogP contribution in [0.15, 0.2) is 34.2 Å². The first-order valence-electron chi connectivity index (χ1n) is 9.23. The van der Waals surface area contributed by atoms with Crippen molar-refractivity contribution < 1.29 is 22.7 Å². The van der Waals surface area contributed by atoms with Gasteiger partial charge in [0.25, 0.3) is 15.9 Å². The van der Waals surface area contributed by atoms with E-state index >= 15 is 0 Å². The van der Waals surface area contributed by atoms with Gasteiger partial charge in [0, 0.05) is 17.6 Å². The van der Waals surface area contributed by atoms with Crippen LogP contribution in [0.1, 0.15) is 46.6 Å². The lowest BCUT2D eigenvalue weighted by atomic mass is 10.2. The van der Waals surface area contributed by atoms with Gasteiger partial charge in [0.1, 0.15) is 5.84 Å². The van der Waals surface area contributed by atoms with E-state index in [-0.39, 0.29) is 41.7 Å². The Balaban J connectivity index is 1.95.